The number of aliphatic imine (C=N–C) groups is 1. The minimum atomic E-state index is -0.476. The summed E-state index contributed by atoms with van der Waals surface area (Å²) in [6.45, 7) is 8.05. The van der Waals surface area contributed by atoms with E-state index < -0.39 is 5.60 Å². The zero-order valence-electron chi connectivity index (χ0n) is 13.4. The van der Waals surface area contributed by atoms with E-state index in [0.717, 1.165) is 31.0 Å². The summed E-state index contributed by atoms with van der Waals surface area (Å²) in [7, 11) is 0. The van der Waals surface area contributed by atoms with Gasteiger partial charge in [-0.25, -0.2) is 9.78 Å². The van der Waals surface area contributed by atoms with Crippen LogP contribution in [-0.2, 0) is 11.2 Å². The van der Waals surface area contributed by atoms with Gasteiger partial charge in [0, 0.05) is 19.5 Å². The molecular formula is C14H24N6O2. The lowest BCUT2D eigenvalue weighted by molar-refractivity contribution is 0.0276. The van der Waals surface area contributed by atoms with Crippen molar-refractivity contribution in [2.45, 2.75) is 39.2 Å². The van der Waals surface area contributed by atoms with Crippen LogP contribution in [0.2, 0.25) is 0 Å². The van der Waals surface area contributed by atoms with Crippen molar-refractivity contribution < 1.29 is 9.53 Å². The lowest BCUT2D eigenvalue weighted by atomic mass is 10.2. The van der Waals surface area contributed by atoms with Crippen molar-refractivity contribution in [3.8, 4) is 0 Å². The van der Waals surface area contributed by atoms with Gasteiger partial charge >= 0.3 is 6.09 Å². The normalized spacial score (nSPS) is 15.4. The molecule has 0 fully saturated rings. The number of nitrogens with zero attached hydrogens (tertiary/aromatic N) is 4. The van der Waals surface area contributed by atoms with Crippen molar-refractivity contribution in [3.05, 3.63) is 12.2 Å². The number of hydrogen-bond donors (Lipinski definition) is 2. The Balaban J connectivity index is 1.71. The van der Waals surface area contributed by atoms with E-state index in [1.807, 2.05) is 20.8 Å². The Hall–Kier alpha value is -2.12. The van der Waals surface area contributed by atoms with E-state index in [1.54, 1.807) is 4.90 Å². The van der Waals surface area contributed by atoms with Crippen LogP contribution in [0.1, 0.15) is 33.0 Å². The van der Waals surface area contributed by atoms with E-state index in [-0.39, 0.29) is 6.09 Å². The number of aryl methyl sites for hydroxylation is 1. The SMILES string of the molecule is CC(C)(C)OC(=O)N1CCN=C(NCCCc2ncn[nH]2)C1. The molecule has 0 aliphatic carbocycles. The first-order valence-electron chi connectivity index (χ1n) is 7.53. The van der Waals surface area contributed by atoms with Crippen LogP contribution in [0, 0.1) is 0 Å². The summed E-state index contributed by atoms with van der Waals surface area (Å²) >= 11 is 0. The third kappa shape index (κ3) is 5.34. The second-order valence-electron chi connectivity index (χ2n) is 6.19. The molecule has 2 N–H and O–H groups in total. The molecular weight excluding hydrogens is 284 g/mol. The maximum Gasteiger partial charge on any atom is 0.410 e. The number of rotatable bonds is 4. The lowest BCUT2D eigenvalue weighted by Gasteiger charge is -2.29. The summed E-state index contributed by atoms with van der Waals surface area (Å²) < 4.78 is 5.38. The highest BCUT2D eigenvalue weighted by molar-refractivity contribution is 5.87. The maximum atomic E-state index is 12.0. The Bertz CT molecular complexity index is 506. The summed E-state index contributed by atoms with van der Waals surface area (Å²) in [6, 6.07) is 0. The Morgan fingerprint density at radius 1 is 1.50 bits per heavy atom. The van der Waals surface area contributed by atoms with Gasteiger partial charge in [0.15, 0.2) is 0 Å². The third-order valence-electron chi connectivity index (χ3n) is 3.05. The van der Waals surface area contributed by atoms with Crippen LogP contribution >= 0.6 is 0 Å². The molecule has 2 heterocycles. The number of carbonyl (C=O) groups is 1. The smallest absolute Gasteiger partial charge is 0.410 e. The van der Waals surface area contributed by atoms with Crippen LogP contribution in [0.15, 0.2) is 11.3 Å². The predicted octanol–water partition coefficient (Wildman–Crippen LogP) is 0.976. The fourth-order valence-electron chi connectivity index (χ4n) is 2.05. The molecule has 122 valence electrons. The third-order valence-corrected chi connectivity index (χ3v) is 3.05. The molecule has 1 amide bonds. The number of aromatic nitrogens is 3. The predicted molar refractivity (Wildman–Crippen MR) is 82.8 cm³/mol. The Morgan fingerprint density at radius 2 is 2.32 bits per heavy atom. The van der Waals surface area contributed by atoms with E-state index in [4.69, 9.17) is 4.74 Å². The summed E-state index contributed by atoms with van der Waals surface area (Å²) in [6.07, 6.45) is 2.96. The van der Waals surface area contributed by atoms with Crippen LogP contribution in [0.4, 0.5) is 4.79 Å². The summed E-state index contributed by atoms with van der Waals surface area (Å²) in [5, 5.41) is 9.91. The molecule has 0 radical (unpaired) electrons. The molecule has 1 aliphatic heterocycles. The number of hydrogen-bond acceptors (Lipinski definition) is 6. The number of amidine groups is 1. The Morgan fingerprint density at radius 3 is 3.00 bits per heavy atom. The molecule has 1 aromatic rings. The minimum absolute atomic E-state index is 0.289. The number of aromatic amines is 1. The van der Waals surface area contributed by atoms with Gasteiger partial charge in [0.2, 0.25) is 0 Å². The van der Waals surface area contributed by atoms with Gasteiger partial charge in [0.05, 0.1) is 13.1 Å². The van der Waals surface area contributed by atoms with Crippen LogP contribution in [-0.4, -0.2) is 63.8 Å². The molecule has 0 spiro atoms. The zero-order valence-corrected chi connectivity index (χ0v) is 13.4. The van der Waals surface area contributed by atoms with Gasteiger partial charge < -0.3 is 10.1 Å². The molecule has 8 heteroatoms. The second-order valence-corrected chi connectivity index (χ2v) is 6.19. The Kier molecular flexibility index (Phi) is 5.35. The second kappa shape index (κ2) is 7.24. The molecule has 1 aliphatic rings. The van der Waals surface area contributed by atoms with E-state index in [9.17, 15) is 4.79 Å². The first-order chi connectivity index (χ1) is 10.4. The standard InChI is InChI=1S/C14H24N6O2/c1-14(2,3)22-13(21)20-8-7-16-12(9-20)15-6-4-5-11-17-10-18-19-11/h10H,4-9H2,1-3H3,(H,15,16)(H,17,18,19). The molecule has 1 aromatic heterocycles. The van der Waals surface area contributed by atoms with Gasteiger partial charge in [-0.15, -0.1) is 0 Å². The number of carbonyl (C=O) groups excluding carboxylic acids is 1. The van der Waals surface area contributed by atoms with Gasteiger partial charge in [-0.2, -0.15) is 5.10 Å². The highest BCUT2D eigenvalue weighted by atomic mass is 16.6. The number of nitrogens with one attached hydrogen (secondary N) is 2. The largest absolute Gasteiger partial charge is 0.444 e. The van der Waals surface area contributed by atoms with Gasteiger partial charge in [-0.1, -0.05) is 0 Å². The van der Waals surface area contributed by atoms with Crippen molar-refractivity contribution in [2.24, 2.45) is 4.99 Å². The average Bonchev–Trinajstić information content (AvgIpc) is 2.95. The summed E-state index contributed by atoms with van der Waals surface area (Å²) in [4.78, 5) is 22.2. The number of H-pyrrole nitrogens is 1. The maximum absolute atomic E-state index is 12.0. The lowest BCUT2D eigenvalue weighted by Crippen LogP contribution is -2.47. The van der Waals surface area contributed by atoms with E-state index >= 15 is 0 Å². The van der Waals surface area contributed by atoms with Crippen LogP contribution in [0.5, 0.6) is 0 Å². The van der Waals surface area contributed by atoms with Crippen molar-refractivity contribution in [1.29, 1.82) is 0 Å². The molecule has 0 unspecified atom stereocenters. The van der Waals surface area contributed by atoms with Gasteiger partial charge in [0.1, 0.15) is 23.6 Å². The fourth-order valence-corrected chi connectivity index (χ4v) is 2.05. The van der Waals surface area contributed by atoms with Crippen molar-refractivity contribution in [2.75, 3.05) is 26.2 Å². The molecule has 8 nitrogen and oxygen atoms in total. The first kappa shape index (κ1) is 16.3. The van der Waals surface area contributed by atoms with E-state index in [1.165, 1.54) is 6.33 Å². The molecule has 0 aromatic carbocycles. The molecule has 0 bridgehead atoms. The van der Waals surface area contributed by atoms with E-state index in [0.29, 0.717) is 19.6 Å². The zero-order chi connectivity index (χ0) is 16.0. The number of ether oxygens (including phenoxy) is 1. The van der Waals surface area contributed by atoms with Crippen molar-refractivity contribution in [3.63, 3.8) is 0 Å². The Labute approximate surface area is 130 Å². The number of amides is 1. The van der Waals surface area contributed by atoms with Crippen molar-refractivity contribution >= 4 is 11.9 Å². The first-order valence-corrected chi connectivity index (χ1v) is 7.53. The van der Waals surface area contributed by atoms with Gasteiger partial charge in [-0.3, -0.25) is 15.0 Å². The van der Waals surface area contributed by atoms with Crippen LogP contribution in [0.25, 0.3) is 0 Å². The van der Waals surface area contributed by atoms with Gasteiger partial charge in [-0.05, 0) is 27.2 Å². The highest BCUT2D eigenvalue weighted by Crippen LogP contribution is 2.10. The van der Waals surface area contributed by atoms with Gasteiger partial charge in [0.25, 0.3) is 0 Å². The highest BCUT2D eigenvalue weighted by Gasteiger charge is 2.24. The minimum Gasteiger partial charge on any atom is -0.444 e. The summed E-state index contributed by atoms with van der Waals surface area (Å²) in [5.74, 6) is 1.71. The topological polar surface area (TPSA) is 95.5 Å². The molecule has 0 saturated carbocycles. The monoisotopic (exact) mass is 308 g/mol. The quantitative estimate of drug-likeness (QED) is 0.808. The molecule has 2 rings (SSSR count). The molecule has 22 heavy (non-hydrogen) atoms. The fraction of sp³-hybridized carbons (Fsp3) is 0.714. The van der Waals surface area contributed by atoms with Crippen molar-refractivity contribution in [1.82, 2.24) is 25.4 Å². The van der Waals surface area contributed by atoms with Crippen LogP contribution in [0.3, 0.4) is 0 Å². The molecule has 0 saturated heterocycles. The van der Waals surface area contributed by atoms with E-state index in [2.05, 4.69) is 25.5 Å². The average molecular weight is 308 g/mol. The summed E-state index contributed by atoms with van der Waals surface area (Å²) in [5.41, 5.74) is -0.476. The molecule has 0 atom stereocenters. The van der Waals surface area contributed by atoms with Crippen LogP contribution < -0.4 is 5.32 Å².